The van der Waals surface area contributed by atoms with Gasteiger partial charge in [0.05, 0.1) is 24.2 Å². The van der Waals surface area contributed by atoms with Crippen LogP contribution in [0.5, 0.6) is 0 Å². The Balaban J connectivity index is 1.75. The Hall–Kier alpha value is -2.32. The molecule has 1 aliphatic heterocycles. The summed E-state index contributed by atoms with van der Waals surface area (Å²) < 4.78 is 7.31. The number of aromatic nitrogens is 3. The maximum absolute atomic E-state index is 10.8. The van der Waals surface area contributed by atoms with E-state index in [0.717, 1.165) is 13.1 Å². The molecule has 8 heteroatoms. The van der Waals surface area contributed by atoms with Gasteiger partial charge < -0.3 is 10.1 Å². The summed E-state index contributed by atoms with van der Waals surface area (Å²) in [5.74, 6) is 0.475. The summed E-state index contributed by atoms with van der Waals surface area (Å²) in [4.78, 5) is 14.6. The Morgan fingerprint density at radius 3 is 3.19 bits per heavy atom. The molecule has 3 rings (SSSR count). The van der Waals surface area contributed by atoms with Crippen LogP contribution in [0.2, 0.25) is 0 Å². The van der Waals surface area contributed by atoms with Crippen LogP contribution in [0.4, 0.5) is 5.69 Å². The van der Waals surface area contributed by atoms with Gasteiger partial charge in [0.1, 0.15) is 6.33 Å². The molecule has 0 aliphatic carbocycles. The van der Waals surface area contributed by atoms with Crippen LogP contribution in [0, 0.1) is 10.1 Å². The summed E-state index contributed by atoms with van der Waals surface area (Å²) in [5, 5.41) is 18.4. The Kier molecular flexibility index (Phi) is 3.89. The minimum Gasteiger partial charge on any atom is -0.374 e. The van der Waals surface area contributed by atoms with Crippen LogP contribution >= 0.6 is 0 Å². The van der Waals surface area contributed by atoms with Crippen LogP contribution in [0.15, 0.2) is 30.6 Å². The molecule has 1 atom stereocenters. The number of nitro benzene ring substituents is 1. The van der Waals surface area contributed by atoms with Crippen molar-refractivity contribution >= 4 is 5.69 Å². The number of nitrogens with one attached hydrogen (secondary N) is 1. The van der Waals surface area contributed by atoms with Gasteiger partial charge in [-0.2, -0.15) is 5.10 Å². The first-order chi connectivity index (χ1) is 10.2. The Morgan fingerprint density at radius 1 is 1.52 bits per heavy atom. The minimum atomic E-state index is -0.429. The molecule has 1 saturated heterocycles. The van der Waals surface area contributed by atoms with E-state index in [9.17, 15) is 10.1 Å². The third-order valence-electron chi connectivity index (χ3n) is 3.25. The van der Waals surface area contributed by atoms with Gasteiger partial charge >= 0.3 is 0 Å². The van der Waals surface area contributed by atoms with Gasteiger partial charge in [0, 0.05) is 30.8 Å². The van der Waals surface area contributed by atoms with Gasteiger partial charge in [-0.05, 0) is 0 Å². The number of benzene rings is 1. The fourth-order valence-electron chi connectivity index (χ4n) is 2.22. The number of morpholine rings is 1. The Bertz CT molecular complexity index is 636. The lowest BCUT2D eigenvalue weighted by Crippen LogP contribution is -2.40. The average molecular weight is 289 g/mol. The zero-order chi connectivity index (χ0) is 14.7. The van der Waals surface area contributed by atoms with Crippen LogP contribution in [-0.4, -0.2) is 45.5 Å². The predicted molar refractivity (Wildman–Crippen MR) is 74.7 cm³/mol. The van der Waals surface area contributed by atoms with E-state index in [2.05, 4.69) is 15.4 Å². The van der Waals surface area contributed by atoms with E-state index in [4.69, 9.17) is 4.74 Å². The van der Waals surface area contributed by atoms with Crippen molar-refractivity contribution in [2.45, 2.75) is 12.6 Å². The Labute approximate surface area is 120 Å². The van der Waals surface area contributed by atoms with Crippen molar-refractivity contribution in [1.82, 2.24) is 20.1 Å². The number of nitrogens with zero attached hydrogens (tertiary/aromatic N) is 4. The number of non-ortho nitro benzene ring substituents is 1. The van der Waals surface area contributed by atoms with Gasteiger partial charge in [-0.3, -0.25) is 10.1 Å². The van der Waals surface area contributed by atoms with E-state index in [1.54, 1.807) is 23.1 Å². The smallest absolute Gasteiger partial charge is 0.270 e. The summed E-state index contributed by atoms with van der Waals surface area (Å²) in [6.07, 6.45) is 1.69. The van der Waals surface area contributed by atoms with E-state index in [1.807, 2.05) is 0 Å². The fourth-order valence-corrected chi connectivity index (χ4v) is 2.22. The van der Waals surface area contributed by atoms with Crippen molar-refractivity contribution in [3.8, 4) is 11.4 Å². The van der Waals surface area contributed by atoms with E-state index in [1.165, 1.54) is 12.1 Å². The predicted octanol–water partition coefficient (Wildman–Crippen LogP) is 0.842. The molecule has 2 aromatic rings. The molecule has 0 spiro atoms. The normalized spacial score (nSPS) is 18.6. The lowest BCUT2D eigenvalue weighted by Gasteiger charge is -2.23. The first-order valence-corrected chi connectivity index (χ1v) is 6.69. The van der Waals surface area contributed by atoms with E-state index in [-0.39, 0.29) is 11.8 Å². The van der Waals surface area contributed by atoms with Crippen LogP contribution < -0.4 is 5.32 Å². The first-order valence-electron chi connectivity index (χ1n) is 6.69. The monoisotopic (exact) mass is 289 g/mol. The second kappa shape index (κ2) is 5.98. The highest BCUT2D eigenvalue weighted by atomic mass is 16.6. The molecule has 110 valence electrons. The molecule has 1 unspecified atom stereocenters. The lowest BCUT2D eigenvalue weighted by atomic mass is 10.2. The second-order valence-corrected chi connectivity index (χ2v) is 4.79. The van der Waals surface area contributed by atoms with E-state index in [0.29, 0.717) is 24.5 Å². The van der Waals surface area contributed by atoms with Gasteiger partial charge in [0.25, 0.3) is 5.69 Å². The van der Waals surface area contributed by atoms with E-state index >= 15 is 0 Å². The van der Waals surface area contributed by atoms with Gasteiger partial charge in [-0.1, -0.05) is 12.1 Å². The molecule has 1 aliphatic rings. The molecule has 0 amide bonds. The summed E-state index contributed by atoms with van der Waals surface area (Å²) in [6.45, 7) is 2.95. The first kappa shape index (κ1) is 13.7. The molecular weight excluding hydrogens is 274 g/mol. The van der Waals surface area contributed by atoms with Crippen LogP contribution in [-0.2, 0) is 11.3 Å². The molecule has 0 bridgehead atoms. The maximum atomic E-state index is 10.8. The second-order valence-electron chi connectivity index (χ2n) is 4.79. The summed E-state index contributed by atoms with van der Waals surface area (Å²) in [6, 6.07) is 6.30. The number of rotatable bonds is 4. The maximum Gasteiger partial charge on any atom is 0.270 e. The number of ether oxygens (including phenoxy) is 1. The van der Waals surface area contributed by atoms with Crippen molar-refractivity contribution in [2.24, 2.45) is 0 Å². The van der Waals surface area contributed by atoms with Gasteiger partial charge in [0.2, 0.25) is 0 Å². The van der Waals surface area contributed by atoms with Crippen LogP contribution in [0.3, 0.4) is 0 Å². The summed E-state index contributed by atoms with van der Waals surface area (Å²) in [5.41, 5.74) is 0.661. The highest BCUT2D eigenvalue weighted by Gasteiger charge is 2.15. The molecule has 1 aromatic carbocycles. The van der Waals surface area contributed by atoms with Crippen molar-refractivity contribution in [3.63, 3.8) is 0 Å². The van der Waals surface area contributed by atoms with E-state index < -0.39 is 4.92 Å². The standard InChI is InChI=1S/C13H15N5O3/c19-18(20)11-3-1-2-10(6-11)13-15-9-17(16-13)8-12-7-14-4-5-21-12/h1-3,6,9,12,14H,4-5,7-8H2. The Morgan fingerprint density at radius 2 is 2.43 bits per heavy atom. The van der Waals surface area contributed by atoms with Gasteiger partial charge in [0.15, 0.2) is 5.82 Å². The van der Waals surface area contributed by atoms with Gasteiger partial charge in [-0.25, -0.2) is 9.67 Å². The van der Waals surface area contributed by atoms with Crippen LogP contribution in [0.1, 0.15) is 0 Å². The number of nitro groups is 1. The van der Waals surface area contributed by atoms with Crippen molar-refractivity contribution in [3.05, 3.63) is 40.7 Å². The van der Waals surface area contributed by atoms with Crippen molar-refractivity contribution in [2.75, 3.05) is 19.7 Å². The molecular formula is C13H15N5O3. The molecule has 21 heavy (non-hydrogen) atoms. The topological polar surface area (TPSA) is 95.1 Å². The third-order valence-corrected chi connectivity index (χ3v) is 3.25. The zero-order valence-electron chi connectivity index (χ0n) is 11.3. The van der Waals surface area contributed by atoms with Crippen LogP contribution in [0.25, 0.3) is 11.4 Å². The zero-order valence-corrected chi connectivity index (χ0v) is 11.3. The summed E-state index contributed by atoms with van der Waals surface area (Å²) in [7, 11) is 0. The minimum absolute atomic E-state index is 0.0312. The average Bonchev–Trinajstić information content (AvgIpc) is 2.97. The molecule has 0 radical (unpaired) electrons. The molecule has 1 fully saturated rings. The molecule has 8 nitrogen and oxygen atoms in total. The molecule has 1 aromatic heterocycles. The third kappa shape index (κ3) is 3.23. The lowest BCUT2D eigenvalue weighted by molar-refractivity contribution is -0.384. The van der Waals surface area contributed by atoms with Crippen molar-refractivity contribution < 1.29 is 9.66 Å². The SMILES string of the molecule is O=[N+]([O-])c1cccc(-c2ncn(CC3CNCCO3)n2)c1. The quantitative estimate of drug-likeness (QED) is 0.662. The molecule has 0 saturated carbocycles. The molecule has 2 heterocycles. The largest absolute Gasteiger partial charge is 0.374 e. The summed E-state index contributed by atoms with van der Waals surface area (Å²) >= 11 is 0. The number of hydrogen-bond acceptors (Lipinski definition) is 6. The van der Waals surface area contributed by atoms with Crippen molar-refractivity contribution in [1.29, 1.82) is 0 Å². The molecule has 1 N–H and O–H groups in total. The fraction of sp³-hybridized carbons (Fsp3) is 0.385. The number of hydrogen-bond donors (Lipinski definition) is 1. The van der Waals surface area contributed by atoms with Gasteiger partial charge in [-0.15, -0.1) is 0 Å². The highest BCUT2D eigenvalue weighted by Crippen LogP contribution is 2.20. The highest BCUT2D eigenvalue weighted by molar-refractivity contribution is 5.58.